The number of hydrogen-bond donors (Lipinski definition) is 1. The quantitative estimate of drug-likeness (QED) is 0.606. The van der Waals surface area contributed by atoms with Gasteiger partial charge < -0.3 is 9.57 Å². The topological polar surface area (TPSA) is 30.5 Å². The van der Waals surface area contributed by atoms with Gasteiger partial charge in [0.1, 0.15) is 5.76 Å². The summed E-state index contributed by atoms with van der Waals surface area (Å²) in [4.78, 5) is 5.07. The van der Waals surface area contributed by atoms with Crippen LogP contribution in [-0.2, 0) is 9.57 Å². The van der Waals surface area contributed by atoms with Gasteiger partial charge in [0, 0.05) is 20.1 Å². The Bertz CT molecular complexity index is 156. The second-order valence-electron chi connectivity index (χ2n) is 2.76. The molecule has 3 heteroatoms. The number of methoxy groups -OCH3 is 1. The lowest BCUT2D eigenvalue weighted by Crippen LogP contribution is -2.09. The summed E-state index contributed by atoms with van der Waals surface area (Å²) in [7, 11) is 3.49. The molecule has 0 heterocycles. The Morgan fingerprint density at radius 3 is 3.00 bits per heavy atom. The molecule has 0 spiro atoms. The fourth-order valence-electron chi connectivity index (χ4n) is 1.02. The molecule has 0 amide bonds. The summed E-state index contributed by atoms with van der Waals surface area (Å²) < 4.78 is 5.12. The molecular formula is C8H15NO2. The highest BCUT2D eigenvalue weighted by Gasteiger charge is 2.28. The first-order chi connectivity index (χ1) is 5.27. The molecule has 0 aromatic rings. The van der Waals surface area contributed by atoms with Crippen molar-refractivity contribution < 1.29 is 9.57 Å². The summed E-state index contributed by atoms with van der Waals surface area (Å²) in [5.41, 5.74) is 2.64. The molecule has 0 saturated heterocycles. The fraction of sp³-hybridized carbons (Fsp3) is 0.750. The van der Waals surface area contributed by atoms with Crippen LogP contribution in [0.3, 0.4) is 0 Å². The first-order valence-corrected chi connectivity index (χ1v) is 3.86. The van der Waals surface area contributed by atoms with Crippen LogP contribution in [-0.4, -0.2) is 20.3 Å². The van der Waals surface area contributed by atoms with Gasteiger partial charge in [-0.2, -0.15) is 5.48 Å². The van der Waals surface area contributed by atoms with Gasteiger partial charge in [0.2, 0.25) is 0 Å². The Morgan fingerprint density at radius 2 is 2.45 bits per heavy atom. The minimum Gasteiger partial charge on any atom is -0.413 e. The van der Waals surface area contributed by atoms with Crippen molar-refractivity contribution in [3.63, 3.8) is 0 Å². The maximum absolute atomic E-state index is 5.12. The fourth-order valence-corrected chi connectivity index (χ4v) is 1.02. The molecule has 1 aliphatic rings. The van der Waals surface area contributed by atoms with Crippen LogP contribution < -0.4 is 5.48 Å². The van der Waals surface area contributed by atoms with Crippen LogP contribution in [0.15, 0.2) is 11.8 Å². The number of rotatable bonds is 5. The lowest BCUT2D eigenvalue weighted by atomic mass is 10.2. The minimum absolute atomic E-state index is 0.314. The van der Waals surface area contributed by atoms with Crippen LogP contribution in [0.4, 0.5) is 0 Å². The van der Waals surface area contributed by atoms with Crippen LogP contribution in [0.5, 0.6) is 0 Å². The summed E-state index contributed by atoms with van der Waals surface area (Å²) in [6.07, 6.45) is 3.42. The molecular weight excluding hydrogens is 142 g/mol. The van der Waals surface area contributed by atoms with Gasteiger partial charge in [-0.25, -0.2) is 0 Å². The monoisotopic (exact) mass is 157 g/mol. The van der Waals surface area contributed by atoms with Crippen molar-refractivity contribution in [3.8, 4) is 0 Å². The molecule has 0 aromatic heterocycles. The third-order valence-electron chi connectivity index (χ3n) is 1.83. The predicted molar refractivity (Wildman–Crippen MR) is 42.8 cm³/mol. The molecule has 0 radical (unpaired) electrons. The molecule has 64 valence electrons. The van der Waals surface area contributed by atoms with E-state index in [1.54, 1.807) is 14.2 Å². The zero-order valence-corrected chi connectivity index (χ0v) is 7.26. The van der Waals surface area contributed by atoms with Crippen molar-refractivity contribution >= 4 is 0 Å². The highest BCUT2D eigenvalue weighted by molar-refractivity contribution is 5.22. The van der Waals surface area contributed by atoms with Crippen LogP contribution in [0.25, 0.3) is 0 Å². The van der Waals surface area contributed by atoms with E-state index >= 15 is 0 Å². The van der Waals surface area contributed by atoms with Crippen LogP contribution in [0, 0.1) is 5.92 Å². The predicted octanol–water partition coefficient (Wildman–Crippen LogP) is 1.08. The number of nitrogens with one attached hydrogen (secondary N) is 1. The van der Waals surface area contributed by atoms with Gasteiger partial charge in [-0.15, -0.1) is 0 Å². The van der Waals surface area contributed by atoms with E-state index in [4.69, 9.17) is 9.57 Å². The molecule has 3 nitrogen and oxygen atoms in total. The standard InChI is InChI=1S/C8H15NO2/c1-6(10-3)4-7-5-8(7)11-9-2/h5-7,9H,4H2,1-3H3. The molecule has 2 atom stereocenters. The first kappa shape index (κ1) is 8.56. The van der Waals surface area contributed by atoms with Crippen LogP contribution in [0.1, 0.15) is 13.3 Å². The van der Waals surface area contributed by atoms with E-state index in [9.17, 15) is 0 Å². The van der Waals surface area contributed by atoms with Crippen LogP contribution in [0.2, 0.25) is 0 Å². The summed E-state index contributed by atoms with van der Waals surface area (Å²) >= 11 is 0. The van der Waals surface area contributed by atoms with Crippen LogP contribution >= 0.6 is 0 Å². The smallest absolute Gasteiger partial charge is 0.128 e. The van der Waals surface area contributed by atoms with Crippen molar-refractivity contribution in [3.05, 3.63) is 11.8 Å². The molecule has 11 heavy (non-hydrogen) atoms. The normalized spacial score (nSPS) is 24.3. The Hall–Kier alpha value is -0.540. The summed E-state index contributed by atoms with van der Waals surface area (Å²) in [5, 5.41) is 0. The van der Waals surface area contributed by atoms with Crippen molar-refractivity contribution in [1.29, 1.82) is 0 Å². The zero-order chi connectivity index (χ0) is 8.27. The molecule has 0 aromatic carbocycles. The van der Waals surface area contributed by atoms with Gasteiger partial charge in [0.15, 0.2) is 0 Å². The highest BCUT2D eigenvalue weighted by Crippen LogP contribution is 2.33. The van der Waals surface area contributed by atoms with Gasteiger partial charge in [-0.1, -0.05) is 0 Å². The van der Waals surface area contributed by atoms with Gasteiger partial charge >= 0.3 is 0 Å². The Balaban J connectivity index is 2.06. The number of hydroxylamine groups is 1. The third-order valence-corrected chi connectivity index (χ3v) is 1.83. The molecule has 1 rings (SSSR count). The lowest BCUT2D eigenvalue weighted by Gasteiger charge is -2.08. The first-order valence-electron chi connectivity index (χ1n) is 3.86. The molecule has 0 fully saturated rings. The van der Waals surface area contributed by atoms with Gasteiger partial charge in [0.25, 0.3) is 0 Å². The molecule has 0 bridgehead atoms. The van der Waals surface area contributed by atoms with Gasteiger partial charge in [-0.05, 0) is 19.4 Å². The van der Waals surface area contributed by atoms with Crippen molar-refractivity contribution in [2.24, 2.45) is 5.92 Å². The number of hydrogen-bond acceptors (Lipinski definition) is 3. The van der Waals surface area contributed by atoms with E-state index in [-0.39, 0.29) is 0 Å². The van der Waals surface area contributed by atoms with E-state index in [1.807, 2.05) is 0 Å². The number of ether oxygens (including phenoxy) is 1. The third kappa shape index (κ3) is 2.52. The summed E-state index contributed by atoms with van der Waals surface area (Å²) in [6, 6.07) is 0. The Kier molecular flexibility index (Phi) is 2.91. The van der Waals surface area contributed by atoms with Crippen molar-refractivity contribution in [1.82, 2.24) is 5.48 Å². The maximum atomic E-state index is 5.12. The highest BCUT2D eigenvalue weighted by atomic mass is 16.6. The van der Waals surface area contributed by atoms with E-state index in [0.717, 1.165) is 12.2 Å². The minimum atomic E-state index is 0.314. The maximum Gasteiger partial charge on any atom is 0.128 e. The zero-order valence-electron chi connectivity index (χ0n) is 7.26. The van der Waals surface area contributed by atoms with E-state index in [1.165, 1.54) is 0 Å². The summed E-state index contributed by atoms with van der Waals surface area (Å²) in [5.74, 6) is 1.54. The largest absolute Gasteiger partial charge is 0.413 e. The molecule has 1 aliphatic carbocycles. The van der Waals surface area contributed by atoms with Crippen molar-refractivity contribution in [2.75, 3.05) is 14.2 Å². The molecule has 0 aliphatic heterocycles. The van der Waals surface area contributed by atoms with E-state index in [0.29, 0.717) is 12.0 Å². The lowest BCUT2D eigenvalue weighted by molar-refractivity contribution is 0.0911. The average molecular weight is 157 g/mol. The molecule has 0 saturated carbocycles. The number of allylic oxidation sites excluding steroid dienone is 2. The van der Waals surface area contributed by atoms with E-state index in [2.05, 4.69) is 18.5 Å². The average Bonchev–Trinajstić information content (AvgIpc) is 2.69. The second kappa shape index (κ2) is 3.74. The summed E-state index contributed by atoms with van der Waals surface area (Å²) in [6.45, 7) is 2.06. The molecule has 2 unspecified atom stereocenters. The Morgan fingerprint density at radius 1 is 1.73 bits per heavy atom. The van der Waals surface area contributed by atoms with Gasteiger partial charge in [-0.3, -0.25) is 0 Å². The Labute approximate surface area is 67.3 Å². The molecule has 1 N–H and O–H groups in total. The van der Waals surface area contributed by atoms with Gasteiger partial charge in [0.05, 0.1) is 6.10 Å². The second-order valence-corrected chi connectivity index (χ2v) is 2.76. The SMILES string of the molecule is CNOC1=CC1CC(C)OC. The van der Waals surface area contributed by atoms with Crippen molar-refractivity contribution in [2.45, 2.75) is 19.4 Å². The van der Waals surface area contributed by atoms with E-state index < -0.39 is 0 Å².